The van der Waals surface area contributed by atoms with Crippen LogP contribution >= 0.6 is 0 Å². The van der Waals surface area contributed by atoms with Gasteiger partial charge in [-0.3, -0.25) is 4.79 Å². The summed E-state index contributed by atoms with van der Waals surface area (Å²) in [6, 6.07) is 11.7. The molecule has 1 aromatic carbocycles. The standard InChI is InChI=1S/C19H21N3O2/c1-13-11-18-20-14(2)17(15(3)22(18)21-13)9-10-19(23)24-12-16-7-5-4-6-8-16/h4-8,11H,9-10,12H2,1-3H3. The van der Waals surface area contributed by atoms with Crippen LogP contribution in [0.5, 0.6) is 0 Å². The lowest BCUT2D eigenvalue weighted by Gasteiger charge is -2.11. The van der Waals surface area contributed by atoms with E-state index in [1.54, 1.807) is 0 Å². The maximum atomic E-state index is 12.0. The molecule has 0 unspecified atom stereocenters. The van der Waals surface area contributed by atoms with Crippen molar-refractivity contribution in [2.75, 3.05) is 0 Å². The number of aryl methyl sites for hydroxylation is 3. The van der Waals surface area contributed by atoms with Crippen LogP contribution in [0.2, 0.25) is 0 Å². The molecule has 5 heteroatoms. The maximum Gasteiger partial charge on any atom is 0.306 e. The first-order valence-corrected chi connectivity index (χ1v) is 8.06. The van der Waals surface area contributed by atoms with Gasteiger partial charge in [-0.15, -0.1) is 0 Å². The van der Waals surface area contributed by atoms with Crippen molar-refractivity contribution in [1.29, 1.82) is 0 Å². The van der Waals surface area contributed by atoms with Gasteiger partial charge in [0.1, 0.15) is 6.61 Å². The summed E-state index contributed by atoms with van der Waals surface area (Å²) in [5, 5.41) is 4.46. The van der Waals surface area contributed by atoms with Gasteiger partial charge in [0.25, 0.3) is 0 Å². The fourth-order valence-electron chi connectivity index (χ4n) is 2.84. The van der Waals surface area contributed by atoms with Crippen LogP contribution in [-0.4, -0.2) is 20.6 Å². The minimum atomic E-state index is -0.200. The summed E-state index contributed by atoms with van der Waals surface area (Å²) in [6.45, 7) is 6.25. The Labute approximate surface area is 141 Å². The molecule has 0 saturated heterocycles. The number of esters is 1. The van der Waals surface area contributed by atoms with E-state index < -0.39 is 0 Å². The van der Waals surface area contributed by atoms with Crippen molar-refractivity contribution in [2.45, 2.75) is 40.2 Å². The molecule has 2 heterocycles. The van der Waals surface area contributed by atoms with Gasteiger partial charge in [-0.2, -0.15) is 5.10 Å². The number of fused-ring (bicyclic) bond motifs is 1. The third kappa shape index (κ3) is 3.45. The number of hydrogen-bond donors (Lipinski definition) is 0. The van der Waals surface area contributed by atoms with E-state index in [1.165, 1.54) is 0 Å². The average molecular weight is 323 g/mol. The Morgan fingerprint density at radius 2 is 1.92 bits per heavy atom. The van der Waals surface area contributed by atoms with Gasteiger partial charge in [-0.1, -0.05) is 30.3 Å². The number of benzene rings is 1. The van der Waals surface area contributed by atoms with Gasteiger partial charge in [0.2, 0.25) is 0 Å². The quantitative estimate of drug-likeness (QED) is 0.676. The van der Waals surface area contributed by atoms with Crippen molar-refractivity contribution < 1.29 is 9.53 Å². The molecule has 3 rings (SSSR count). The Bertz CT molecular complexity index is 869. The number of ether oxygens (including phenoxy) is 1. The molecule has 0 aliphatic rings. The van der Waals surface area contributed by atoms with Gasteiger partial charge in [-0.05, 0) is 38.3 Å². The van der Waals surface area contributed by atoms with Gasteiger partial charge in [-0.25, -0.2) is 9.50 Å². The molecule has 5 nitrogen and oxygen atoms in total. The zero-order valence-corrected chi connectivity index (χ0v) is 14.2. The number of hydrogen-bond acceptors (Lipinski definition) is 4. The molecule has 0 bridgehead atoms. The highest BCUT2D eigenvalue weighted by Crippen LogP contribution is 2.17. The third-order valence-electron chi connectivity index (χ3n) is 4.11. The van der Waals surface area contributed by atoms with Crippen LogP contribution < -0.4 is 0 Å². The van der Waals surface area contributed by atoms with E-state index in [4.69, 9.17) is 4.74 Å². The number of carbonyl (C=O) groups is 1. The largest absolute Gasteiger partial charge is 0.461 e. The molecular weight excluding hydrogens is 302 g/mol. The summed E-state index contributed by atoms with van der Waals surface area (Å²) in [7, 11) is 0. The second-order valence-corrected chi connectivity index (χ2v) is 5.96. The van der Waals surface area contributed by atoms with Crippen molar-refractivity contribution in [3.05, 3.63) is 64.6 Å². The number of nitrogens with zero attached hydrogens (tertiary/aromatic N) is 3. The Morgan fingerprint density at radius 3 is 2.67 bits per heavy atom. The molecule has 0 atom stereocenters. The normalized spacial score (nSPS) is 11.0. The van der Waals surface area contributed by atoms with Gasteiger partial charge < -0.3 is 4.74 Å². The molecule has 0 N–H and O–H groups in total. The summed E-state index contributed by atoms with van der Waals surface area (Å²) >= 11 is 0. The Kier molecular flexibility index (Phi) is 4.60. The summed E-state index contributed by atoms with van der Waals surface area (Å²) < 4.78 is 7.18. The smallest absolute Gasteiger partial charge is 0.306 e. The highest BCUT2D eigenvalue weighted by atomic mass is 16.5. The summed E-state index contributed by atoms with van der Waals surface area (Å²) in [5.41, 5.74) is 5.80. The van der Waals surface area contributed by atoms with E-state index in [9.17, 15) is 4.79 Å². The second-order valence-electron chi connectivity index (χ2n) is 5.96. The zero-order valence-electron chi connectivity index (χ0n) is 14.2. The molecule has 0 amide bonds. The van der Waals surface area contributed by atoms with E-state index in [2.05, 4.69) is 10.1 Å². The number of carbonyl (C=O) groups excluding carboxylic acids is 1. The minimum absolute atomic E-state index is 0.200. The van der Waals surface area contributed by atoms with Gasteiger partial charge >= 0.3 is 5.97 Å². The Balaban J connectivity index is 1.65. The lowest BCUT2D eigenvalue weighted by molar-refractivity contribution is -0.144. The van der Waals surface area contributed by atoms with Crippen LogP contribution in [0.1, 0.15) is 34.6 Å². The van der Waals surface area contributed by atoms with Crippen LogP contribution in [-0.2, 0) is 22.6 Å². The molecule has 2 aromatic heterocycles. The lowest BCUT2D eigenvalue weighted by Crippen LogP contribution is -2.10. The maximum absolute atomic E-state index is 12.0. The van der Waals surface area contributed by atoms with E-state index in [1.807, 2.05) is 61.7 Å². The summed E-state index contributed by atoms with van der Waals surface area (Å²) in [5.74, 6) is -0.200. The first-order valence-electron chi connectivity index (χ1n) is 8.06. The Hall–Kier alpha value is -2.69. The van der Waals surface area contributed by atoms with Crippen LogP contribution in [0, 0.1) is 20.8 Å². The molecule has 24 heavy (non-hydrogen) atoms. The van der Waals surface area contributed by atoms with Crippen molar-refractivity contribution >= 4 is 11.6 Å². The fourth-order valence-corrected chi connectivity index (χ4v) is 2.84. The lowest BCUT2D eigenvalue weighted by atomic mass is 10.1. The Morgan fingerprint density at radius 1 is 1.17 bits per heavy atom. The summed E-state index contributed by atoms with van der Waals surface area (Å²) in [6.07, 6.45) is 0.940. The van der Waals surface area contributed by atoms with E-state index >= 15 is 0 Å². The topological polar surface area (TPSA) is 56.5 Å². The van der Waals surface area contributed by atoms with Gasteiger partial charge in [0.15, 0.2) is 5.65 Å². The molecule has 0 aliphatic heterocycles. The first-order chi connectivity index (χ1) is 11.5. The molecule has 0 aliphatic carbocycles. The molecule has 0 spiro atoms. The predicted octanol–water partition coefficient (Wildman–Crippen LogP) is 3.33. The SMILES string of the molecule is Cc1cc2nc(C)c(CCC(=O)OCc3ccccc3)c(C)n2n1. The van der Waals surface area contributed by atoms with Crippen molar-refractivity contribution in [1.82, 2.24) is 14.6 Å². The zero-order chi connectivity index (χ0) is 17.1. The predicted molar refractivity (Wildman–Crippen MR) is 91.8 cm³/mol. The van der Waals surface area contributed by atoms with Crippen LogP contribution in [0.15, 0.2) is 36.4 Å². The molecule has 0 fully saturated rings. The molecule has 124 valence electrons. The van der Waals surface area contributed by atoms with Gasteiger partial charge in [0, 0.05) is 23.9 Å². The highest BCUT2D eigenvalue weighted by molar-refractivity contribution is 5.69. The molecular formula is C19H21N3O2. The minimum Gasteiger partial charge on any atom is -0.461 e. The monoisotopic (exact) mass is 323 g/mol. The van der Waals surface area contributed by atoms with E-state index in [-0.39, 0.29) is 5.97 Å². The van der Waals surface area contributed by atoms with Crippen molar-refractivity contribution in [2.24, 2.45) is 0 Å². The highest BCUT2D eigenvalue weighted by Gasteiger charge is 2.13. The van der Waals surface area contributed by atoms with Gasteiger partial charge in [0.05, 0.1) is 5.69 Å². The molecule has 0 radical (unpaired) electrons. The second kappa shape index (κ2) is 6.83. The van der Waals surface area contributed by atoms with Crippen LogP contribution in [0.25, 0.3) is 5.65 Å². The average Bonchev–Trinajstić information content (AvgIpc) is 2.94. The fraction of sp³-hybridized carbons (Fsp3) is 0.316. The van der Waals surface area contributed by atoms with Crippen molar-refractivity contribution in [3.63, 3.8) is 0 Å². The molecule has 3 aromatic rings. The third-order valence-corrected chi connectivity index (χ3v) is 4.11. The number of aromatic nitrogens is 3. The molecule has 0 saturated carbocycles. The first kappa shape index (κ1) is 16.2. The van der Waals surface area contributed by atoms with E-state index in [0.717, 1.165) is 33.9 Å². The number of rotatable bonds is 5. The van der Waals surface area contributed by atoms with Crippen LogP contribution in [0.3, 0.4) is 0 Å². The summed E-state index contributed by atoms with van der Waals surface area (Å²) in [4.78, 5) is 16.6. The van der Waals surface area contributed by atoms with Crippen LogP contribution in [0.4, 0.5) is 0 Å². The van der Waals surface area contributed by atoms with Crippen molar-refractivity contribution in [3.8, 4) is 0 Å². The van der Waals surface area contributed by atoms with E-state index in [0.29, 0.717) is 19.4 Å².